The Hall–Kier alpha value is -2.30. The first-order valence-corrected chi connectivity index (χ1v) is 8.00. The highest BCUT2D eigenvalue weighted by molar-refractivity contribution is 5.97. The summed E-state index contributed by atoms with van der Waals surface area (Å²) in [6, 6.07) is 7.09. The predicted molar refractivity (Wildman–Crippen MR) is 94.2 cm³/mol. The quantitative estimate of drug-likeness (QED) is 0.893. The molecular weight excluding hydrogens is 304 g/mol. The van der Waals surface area contributed by atoms with Gasteiger partial charge in [-0.15, -0.1) is 0 Å². The standard InChI is InChI=1S/C19H26N2O3/c1-18(2,3)11-19(4,5)21-17(22)13-10-12-8-7-9-14(23-6)15(12)24-16(13)20/h7-10,20H,11H2,1-6H3,(H,21,22). The number of amides is 1. The first-order chi connectivity index (χ1) is 11.0. The summed E-state index contributed by atoms with van der Waals surface area (Å²) >= 11 is 0. The Balaban J connectivity index is 2.37. The number of benzene rings is 1. The SMILES string of the molecule is COc1cccc2cc(C(=O)NC(C)(C)CC(C)(C)C)c(=N)oc12. The van der Waals surface area contributed by atoms with Crippen LogP contribution in [0.15, 0.2) is 28.7 Å². The predicted octanol–water partition coefficient (Wildman–Crippen LogP) is 3.87. The van der Waals surface area contributed by atoms with Gasteiger partial charge in [0.25, 0.3) is 5.91 Å². The van der Waals surface area contributed by atoms with E-state index in [0.29, 0.717) is 11.3 Å². The number of carbonyl (C=O) groups is 1. The van der Waals surface area contributed by atoms with E-state index in [-0.39, 0.29) is 28.0 Å². The van der Waals surface area contributed by atoms with Crippen LogP contribution < -0.4 is 15.6 Å². The van der Waals surface area contributed by atoms with Crippen LogP contribution in [0.5, 0.6) is 5.75 Å². The summed E-state index contributed by atoms with van der Waals surface area (Å²) in [5.74, 6) is 0.240. The average molecular weight is 330 g/mol. The van der Waals surface area contributed by atoms with Gasteiger partial charge in [-0.05, 0) is 37.8 Å². The minimum Gasteiger partial charge on any atom is -0.493 e. The number of methoxy groups -OCH3 is 1. The molecule has 130 valence electrons. The molecule has 1 heterocycles. The number of hydrogen-bond acceptors (Lipinski definition) is 4. The first kappa shape index (κ1) is 18.0. The van der Waals surface area contributed by atoms with E-state index < -0.39 is 0 Å². The van der Waals surface area contributed by atoms with Crippen LogP contribution in [0, 0.1) is 10.8 Å². The molecule has 0 saturated heterocycles. The van der Waals surface area contributed by atoms with Crippen molar-refractivity contribution < 1.29 is 13.9 Å². The van der Waals surface area contributed by atoms with Crippen LogP contribution in [0.3, 0.4) is 0 Å². The Morgan fingerprint density at radius 1 is 1.25 bits per heavy atom. The smallest absolute Gasteiger partial charge is 0.257 e. The van der Waals surface area contributed by atoms with Gasteiger partial charge >= 0.3 is 0 Å². The lowest BCUT2D eigenvalue weighted by atomic mass is 9.81. The van der Waals surface area contributed by atoms with Crippen LogP contribution in [0.25, 0.3) is 11.0 Å². The number of para-hydroxylation sites is 1. The Morgan fingerprint density at radius 3 is 2.50 bits per heavy atom. The Kier molecular flexibility index (Phi) is 4.74. The highest BCUT2D eigenvalue weighted by Crippen LogP contribution is 2.27. The van der Waals surface area contributed by atoms with Crippen molar-refractivity contribution in [2.75, 3.05) is 7.11 Å². The molecule has 2 aromatic rings. The van der Waals surface area contributed by atoms with Crippen molar-refractivity contribution in [2.45, 2.75) is 46.6 Å². The maximum absolute atomic E-state index is 12.6. The molecule has 5 nitrogen and oxygen atoms in total. The normalized spacial score (nSPS) is 12.2. The molecule has 0 aliphatic carbocycles. The van der Waals surface area contributed by atoms with Crippen LogP contribution in [0.4, 0.5) is 0 Å². The van der Waals surface area contributed by atoms with Crippen LogP contribution in [0.2, 0.25) is 0 Å². The van der Waals surface area contributed by atoms with Gasteiger partial charge in [-0.25, -0.2) is 0 Å². The van der Waals surface area contributed by atoms with E-state index in [1.165, 1.54) is 0 Å². The third-order valence-corrected chi connectivity index (χ3v) is 3.65. The van der Waals surface area contributed by atoms with Crippen LogP contribution >= 0.6 is 0 Å². The number of rotatable bonds is 4. The van der Waals surface area contributed by atoms with E-state index in [9.17, 15) is 4.79 Å². The Bertz CT molecular complexity index is 813. The van der Waals surface area contributed by atoms with Crippen LogP contribution in [-0.2, 0) is 0 Å². The minimum absolute atomic E-state index is 0.0850. The summed E-state index contributed by atoms with van der Waals surface area (Å²) < 4.78 is 10.8. The lowest BCUT2D eigenvalue weighted by molar-refractivity contribution is 0.0887. The second-order valence-electron chi connectivity index (χ2n) is 7.94. The summed E-state index contributed by atoms with van der Waals surface area (Å²) in [5, 5.41) is 11.8. The van der Waals surface area contributed by atoms with Gasteiger partial charge in [-0.2, -0.15) is 0 Å². The van der Waals surface area contributed by atoms with Crippen LogP contribution in [-0.4, -0.2) is 18.6 Å². The molecule has 2 rings (SSSR count). The molecule has 1 amide bonds. The van der Waals surface area contributed by atoms with Gasteiger partial charge in [-0.3, -0.25) is 10.2 Å². The highest BCUT2D eigenvalue weighted by atomic mass is 16.5. The molecular formula is C19H26N2O3. The summed E-state index contributed by atoms with van der Waals surface area (Å²) in [6.07, 6.45) is 0.817. The van der Waals surface area contributed by atoms with Crippen molar-refractivity contribution >= 4 is 16.9 Å². The maximum atomic E-state index is 12.6. The zero-order valence-corrected chi connectivity index (χ0v) is 15.2. The van der Waals surface area contributed by atoms with Crippen molar-refractivity contribution in [2.24, 2.45) is 5.41 Å². The Morgan fingerprint density at radius 2 is 1.92 bits per heavy atom. The fourth-order valence-electron chi connectivity index (χ4n) is 3.21. The number of nitrogens with one attached hydrogen (secondary N) is 2. The summed E-state index contributed by atoms with van der Waals surface area (Å²) in [6.45, 7) is 10.4. The zero-order chi connectivity index (χ0) is 18.1. The van der Waals surface area contributed by atoms with Gasteiger partial charge in [0, 0.05) is 10.9 Å². The van der Waals surface area contributed by atoms with Crippen molar-refractivity contribution in [1.82, 2.24) is 5.32 Å². The van der Waals surface area contributed by atoms with Crippen molar-refractivity contribution in [3.05, 3.63) is 35.4 Å². The van der Waals surface area contributed by atoms with E-state index in [0.717, 1.165) is 11.8 Å². The second kappa shape index (κ2) is 6.30. The molecule has 0 fully saturated rings. The fourth-order valence-corrected chi connectivity index (χ4v) is 3.21. The fraction of sp³-hybridized carbons (Fsp3) is 0.474. The number of hydrogen-bond donors (Lipinski definition) is 2. The third-order valence-electron chi connectivity index (χ3n) is 3.65. The van der Waals surface area contributed by atoms with E-state index in [1.807, 2.05) is 26.0 Å². The molecule has 1 aromatic heterocycles. The van der Waals surface area contributed by atoms with E-state index >= 15 is 0 Å². The van der Waals surface area contributed by atoms with Crippen molar-refractivity contribution in [3.8, 4) is 5.75 Å². The molecule has 0 radical (unpaired) electrons. The average Bonchev–Trinajstić information content (AvgIpc) is 2.42. The number of fused-ring (bicyclic) bond motifs is 1. The largest absolute Gasteiger partial charge is 0.493 e. The molecule has 0 spiro atoms. The van der Waals surface area contributed by atoms with Gasteiger partial charge in [0.15, 0.2) is 11.3 Å². The molecule has 0 saturated carbocycles. The number of carbonyl (C=O) groups excluding carboxylic acids is 1. The van der Waals surface area contributed by atoms with Gasteiger partial charge in [0.05, 0.1) is 7.11 Å². The summed E-state index contributed by atoms with van der Waals surface area (Å²) in [5.41, 5.74) is 0.219. The molecule has 0 aliphatic heterocycles. The molecule has 24 heavy (non-hydrogen) atoms. The Labute approximate surface area is 142 Å². The molecule has 5 heteroatoms. The van der Waals surface area contributed by atoms with Crippen molar-refractivity contribution in [3.63, 3.8) is 0 Å². The summed E-state index contributed by atoms with van der Waals surface area (Å²) in [7, 11) is 1.55. The van der Waals surface area contributed by atoms with Gasteiger partial charge < -0.3 is 14.5 Å². The topological polar surface area (TPSA) is 75.3 Å². The maximum Gasteiger partial charge on any atom is 0.257 e. The van der Waals surface area contributed by atoms with E-state index in [2.05, 4.69) is 26.1 Å². The first-order valence-electron chi connectivity index (χ1n) is 8.00. The molecule has 1 aromatic carbocycles. The monoisotopic (exact) mass is 330 g/mol. The lowest BCUT2D eigenvalue weighted by Gasteiger charge is -2.33. The van der Waals surface area contributed by atoms with Crippen LogP contribution in [0.1, 0.15) is 51.4 Å². The number of ether oxygens (including phenoxy) is 1. The minimum atomic E-state index is -0.384. The highest BCUT2D eigenvalue weighted by Gasteiger charge is 2.28. The molecule has 0 bridgehead atoms. The molecule has 2 N–H and O–H groups in total. The molecule has 0 unspecified atom stereocenters. The van der Waals surface area contributed by atoms with E-state index in [1.54, 1.807) is 19.2 Å². The van der Waals surface area contributed by atoms with Crippen molar-refractivity contribution in [1.29, 1.82) is 5.41 Å². The molecule has 0 atom stereocenters. The van der Waals surface area contributed by atoms with Gasteiger partial charge in [0.2, 0.25) is 5.55 Å². The lowest BCUT2D eigenvalue weighted by Crippen LogP contribution is -2.46. The van der Waals surface area contributed by atoms with E-state index in [4.69, 9.17) is 14.6 Å². The van der Waals surface area contributed by atoms with Gasteiger partial charge in [-0.1, -0.05) is 32.9 Å². The zero-order valence-electron chi connectivity index (χ0n) is 15.2. The summed E-state index contributed by atoms with van der Waals surface area (Å²) in [4.78, 5) is 12.6. The third kappa shape index (κ3) is 4.16. The molecule has 0 aliphatic rings. The van der Waals surface area contributed by atoms with Gasteiger partial charge in [0.1, 0.15) is 5.56 Å². The second-order valence-corrected chi connectivity index (χ2v) is 7.94.